The molecule has 0 aliphatic heterocycles. The number of nitrogens with two attached hydrogens (primary N) is 1. The van der Waals surface area contributed by atoms with Gasteiger partial charge in [0.05, 0.1) is 6.10 Å². The van der Waals surface area contributed by atoms with Crippen LogP contribution in [0.2, 0.25) is 0 Å². The first-order valence-corrected chi connectivity index (χ1v) is 6.53. The molecule has 104 valence electrons. The molecule has 6 heteroatoms. The molecule has 1 fully saturated rings. The molecule has 0 aromatic carbocycles. The highest BCUT2D eigenvalue weighted by Crippen LogP contribution is 2.24. The van der Waals surface area contributed by atoms with Crippen molar-refractivity contribution in [3.05, 3.63) is 29.6 Å². The van der Waals surface area contributed by atoms with E-state index in [0.717, 1.165) is 31.4 Å². The fourth-order valence-electron chi connectivity index (χ4n) is 2.51. The van der Waals surface area contributed by atoms with Gasteiger partial charge in [-0.05, 0) is 30.4 Å². The molecular formula is C13H20N4O2. The van der Waals surface area contributed by atoms with Gasteiger partial charge in [0.25, 0.3) is 0 Å². The standard InChI is InChI=1S/C13H20N4O2/c14-13(17-19)12-10(4-2-6-16-12)8-15-7-9-3-1-5-11(9)18/h2,4,6,9,11,15,18-19H,1,3,5,7-8H2,(H2,14,17). The molecule has 1 aliphatic rings. The number of aromatic nitrogens is 1. The Morgan fingerprint density at radius 3 is 3.05 bits per heavy atom. The largest absolute Gasteiger partial charge is 0.409 e. The molecule has 5 N–H and O–H groups in total. The molecule has 6 nitrogen and oxygen atoms in total. The lowest BCUT2D eigenvalue weighted by Crippen LogP contribution is -2.28. The molecule has 1 aliphatic carbocycles. The minimum absolute atomic E-state index is 0.0123. The van der Waals surface area contributed by atoms with Crippen LogP contribution in [0.15, 0.2) is 23.5 Å². The number of hydrogen-bond donors (Lipinski definition) is 4. The van der Waals surface area contributed by atoms with Crippen molar-refractivity contribution in [1.29, 1.82) is 0 Å². The van der Waals surface area contributed by atoms with E-state index in [1.807, 2.05) is 12.1 Å². The molecule has 1 aromatic rings. The molecule has 0 spiro atoms. The van der Waals surface area contributed by atoms with Crippen LogP contribution in [0.4, 0.5) is 0 Å². The molecule has 0 amide bonds. The molecule has 1 aromatic heterocycles. The summed E-state index contributed by atoms with van der Waals surface area (Å²) in [5.41, 5.74) is 6.95. The Morgan fingerprint density at radius 2 is 2.37 bits per heavy atom. The third kappa shape index (κ3) is 3.42. The van der Waals surface area contributed by atoms with E-state index < -0.39 is 0 Å². The Hall–Kier alpha value is -1.66. The number of oxime groups is 1. The summed E-state index contributed by atoms with van der Waals surface area (Å²) in [4.78, 5) is 4.11. The van der Waals surface area contributed by atoms with E-state index in [1.165, 1.54) is 0 Å². The summed E-state index contributed by atoms with van der Waals surface area (Å²) in [5.74, 6) is 0.335. The fraction of sp³-hybridized carbons (Fsp3) is 0.538. The molecule has 1 saturated carbocycles. The number of aliphatic hydroxyl groups is 1. The first kappa shape index (κ1) is 13.8. The topological polar surface area (TPSA) is 104 Å². The normalized spacial score (nSPS) is 23.7. The number of nitrogens with one attached hydrogen (secondary N) is 1. The molecule has 0 bridgehead atoms. The zero-order valence-electron chi connectivity index (χ0n) is 10.8. The highest BCUT2D eigenvalue weighted by Gasteiger charge is 2.24. The van der Waals surface area contributed by atoms with Crippen LogP contribution in [0.1, 0.15) is 30.5 Å². The van der Waals surface area contributed by atoms with Crippen LogP contribution < -0.4 is 11.1 Å². The zero-order chi connectivity index (χ0) is 13.7. The first-order valence-electron chi connectivity index (χ1n) is 6.53. The predicted molar refractivity (Wildman–Crippen MR) is 71.8 cm³/mol. The van der Waals surface area contributed by atoms with Gasteiger partial charge in [-0.15, -0.1) is 0 Å². The van der Waals surface area contributed by atoms with Crippen LogP contribution in [0.3, 0.4) is 0 Å². The van der Waals surface area contributed by atoms with E-state index in [0.29, 0.717) is 18.2 Å². The maximum Gasteiger partial charge on any atom is 0.189 e. The Balaban J connectivity index is 1.92. The minimum Gasteiger partial charge on any atom is -0.409 e. The van der Waals surface area contributed by atoms with Crippen LogP contribution in [0, 0.1) is 5.92 Å². The maximum absolute atomic E-state index is 9.74. The summed E-state index contributed by atoms with van der Waals surface area (Å²) in [7, 11) is 0. The minimum atomic E-state index is -0.190. The number of aliphatic hydroxyl groups excluding tert-OH is 1. The summed E-state index contributed by atoms with van der Waals surface area (Å²) in [6, 6.07) is 3.70. The number of hydrogen-bond acceptors (Lipinski definition) is 5. The lowest BCUT2D eigenvalue weighted by Gasteiger charge is -2.15. The number of rotatable bonds is 5. The van der Waals surface area contributed by atoms with E-state index in [9.17, 15) is 5.11 Å². The Bertz CT molecular complexity index is 450. The Morgan fingerprint density at radius 1 is 1.53 bits per heavy atom. The van der Waals surface area contributed by atoms with Crippen LogP contribution in [0.25, 0.3) is 0 Å². The van der Waals surface area contributed by atoms with Crippen molar-refractivity contribution < 1.29 is 10.3 Å². The summed E-state index contributed by atoms with van der Waals surface area (Å²) in [6.45, 7) is 1.36. The molecule has 0 radical (unpaired) electrons. The van der Waals surface area contributed by atoms with Gasteiger partial charge in [0.15, 0.2) is 5.84 Å². The predicted octanol–water partition coefficient (Wildman–Crippen LogP) is 0.427. The van der Waals surface area contributed by atoms with Crippen molar-refractivity contribution in [3.8, 4) is 0 Å². The van der Waals surface area contributed by atoms with Gasteiger partial charge in [0.1, 0.15) is 5.69 Å². The van der Waals surface area contributed by atoms with Gasteiger partial charge < -0.3 is 21.4 Å². The molecule has 2 atom stereocenters. The van der Waals surface area contributed by atoms with Crippen molar-refractivity contribution in [2.24, 2.45) is 16.8 Å². The van der Waals surface area contributed by atoms with Crippen molar-refractivity contribution in [2.45, 2.75) is 31.9 Å². The van der Waals surface area contributed by atoms with E-state index in [2.05, 4.69) is 15.5 Å². The van der Waals surface area contributed by atoms with E-state index in [4.69, 9.17) is 10.9 Å². The van der Waals surface area contributed by atoms with Crippen molar-refractivity contribution >= 4 is 5.84 Å². The monoisotopic (exact) mass is 264 g/mol. The average molecular weight is 264 g/mol. The van der Waals surface area contributed by atoms with E-state index >= 15 is 0 Å². The van der Waals surface area contributed by atoms with Crippen molar-refractivity contribution in [1.82, 2.24) is 10.3 Å². The molecule has 2 unspecified atom stereocenters. The second kappa shape index (κ2) is 6.49. The van der Waals surface area contributed by atoms with Crippen LogP contribution in [-0.4, -0.2) is 33.8 Å². The summed E-state index contributed by atoms with van der Waals surface area (Å²) in [6.07, 6.45) is 4.47. The van der Waals surface area contributed by atoms with Crippen LogP contribution in [0.5, 0.6) is 0 Å². The number of pyridine rings is 1. The summed E-state index contributed by atoms with van der Waals surface area (Å²) < 4.78 is 0. The van der Waals surface area contributed by atoms with Crippen LogP contribution >= 0.6 is 0 Å². The maximum atomic E-state index is 9.74. The quantitative estimate of drug-likeness (QED) is 0.267. The third-order valence-corrected chi connectivity index (χ3v) is 3.58. The van der Waals surface area contributed by atoms with Gasteiger partial charge in [0, 0.05) is 19.3 Å². The lowest BCUT2D eigenvalue weighted by molar-refractivity contribution is 0.131. The number of nitrogens with zero attached hydrogens (tertiary/aromatic N) is 2. The SMILES string of the molecule is NC(=NO)c1ncccc1CNCC1CCCC1O. The second-order valence-electron chi connectivity index (χ2n) is 4.89. The third-order valence-electron chi connectivity index (χ3n) is 3.58. The van der Waals surface area contributed by atoms with Gasteiger partial charge in [0.2, 0.25) is 0 Å². The number of amidine groups is 1. The van der Waals surface area contributed by atoms with Gasteiger partial charge >= 0.3 is 0 Å². The second-order valence-corrected chi connectivity index (χ2v) is 4.89. The first-order chi connectivity index (χ1) is 9.22. The van der Waals surface area contributed by atoms with Gasteiger partial charge in [-0.1, -0.05) is 17.6 Å². The smallest absolute Gasteiger partial charge is 0.189 e. The average Bonchev–Trinajstić information content (AvgIpc) is 2.84. The Labute approximate surface area is 112 Å². The van der Waals surface area contributed by atoms with E-state index in [-0.39, 0.29) is 11.9 Å². The fourth-order valence-corrected chi connectivity index (χ4v) is 2.51. The molecular weight excluding hydrogens is 244 g/mol. The van der Waals surface area contributed by atoms with Gasteiger partial charge in [-0.25, -0.2) is 0 Å². The highest BCUT2D eigenvalue weighted by molar-refractivity contribution is 5.96. The highest BCUT2D eigenvalue weighted by atomic mass is 16.4. The summed E-state index contributed by atoms with van der Waals surface area (Å²) in [5, 5.41) is 24.7. The van der Waals surface area contributed by atoms with Crippen molar-refractivity contribution in [3.63, 3.8) is 0 Å². The van der Waals surface area contributed by atoms with E-state index in [1.54, 1.807) is 6.20 Å². The molecule has 0 saturated heterocycles. The molecule has 19 heavy (non-hydrogen) atoms. The van der Waals surface area contributed by atoms with Crippen molar-refractivity contribution in [2.75, 3.05) is 6.54 Å². The zero-order valence-corrected chi connectivity index (χ0v) is 10.8. The van der Waals surface area contributed by atoms with Gasteiger partial charge in [-0.2, -0.15) is 0 Å². The summed E-state index contributed by atoms with van der Waals surface area (Å²) >= 11 is 0. The van der Waals surface area contributed by atoms with Gasteiger partial charge in [-0.3, -0.25) is 4.98 Å². The molecule has 1 heterocycles. The lowest BCUT2D eigenvalue weighted by atomic mass is 10.1. The van der Waals surface area contributed by atoms with Crippen LogP contribution in [-0.2, 0) is 6.54 Å². The Kier molecular flexibility index (Phi) is 4.70. The molecule has 2 rings (SSSR count).